The van der Waals surface area contributed by atoms with Crippen LogP contribution in [-0.2, 0) is 0 Å². The highest BCUT2D eigenvalue weighted by Crippen LogP contribution is 2.23. The number of carbonyl (C=O) groups is 2. The van der Waals surface area contributed by atoms with Crippen LogP contribution in [-0.4, -0.2) is 42.5 Å². The van der Waals surface area contributed by atoms with Gasteiger partial charge in [-0.1, -0.05) is 24.3 Å². The predicted molar refractivity (Wildman–Crippen MR) is 112 cm³/mol. The lowest BCUT2D eigenvalue weighted by Gasteiger charge is -2.33. The first-order valence-electron chi connectivity index (χ1n) is 10.5. The van der Waals surface area contributed by atoms with E-state index in [0.717, 1.165) is 43.4 Å². The highest BCUT2D eigenvalue weighted by atomic mass is 16.5. The number of carbonyl (C=O) groups excluding carboxylic acids is 2. The molecule has 2 fully saturated rings. The molecule has 2 amide bonds. The van der Waals surface area contributed by atoms with Gasteiger partial charge in [0.1, 0.15) is 5.75 Å². The molecule has 1 heterocycles. The van der Waals surface area contributed by atoms with Crippen LogP contribution < -0.4 is 10.1 Å². The average molecular weight is 392 g/mol. The first kappa shape index (κ1) is 19.5. The number of piperidine rings is 1. The maximum absolute atomic E-state index is 12.9. The highest BCUT2D eigenvalue weighted by molar-refractivity contribution is 5.96. The van der Waals surface area contributed by atoms with Crippen LogP contribution in [0.1, 0.15) is 52.0 Å². The fourth-order valence-electron chi connectivity index (χ4n) is 3.81. The Balaban J connectivity index is 1.33. The average Bonchev–Trinajstić information content (AvgIpc) is 3.56. The molecule has 1 N–H and O–H groups in total. The highest BCUT2D eigenvalue weighted by Gasteiger charge is 2.26. The van der Waals surface area contributed by atoms with Gasteiger partial charge in [-0.25, -0.2) is 0 Å². The van der Waals surface area contributed by atoms with Crippen molar-refractivity contribution < 1.29 is 14.3 Å². The number of hydrogen-bond donors (Lipinski definition) is 1. The van der Waals surface area contributed by atoms with E-state index in [4.69, 9.17) is 4.74 Å². The molecule has 4 rings (SSSR count). The van der Waals surface area contributed by atoms with Crippen molar-refractivity contribution in [2.24, 2.45) is 5.92 Å². The molecule has 29 heavy (non-hydrogen) atoms. The summed E-state index contributed by atoms with van der Waals surface area (Å²) in [6.07, 6.45) is 4.16. The van der Waals surface area contributed by atoms with Gasteiger partial charge < -0.3 is 15.0 Å². The van der Waals surface area contributed by atoms with Crippen LogP contribution >= 0.6 is 0 Å². The van der Waals surface area contributed by atoms with Crippen molar-refractivity contribution in [1.82, 2.24) is 10.2 Å². The van der Waals surface area contributed by atoms with Gasteiger partial charge in [0, 0.05) is 36.2 Å². The number of benzene rings is 2. The second-order valence-corrected chi connectivity index (χ2v) is 8.16. The summed E-state index contributed by atoms with van der Waals surface area (Å²) in [6.45, 7) is 4.02. The Hall–Kier alpha value is -2.82. The molecule has 0 aromatic heterocycles. The number of rotatable bonds is 6. The second kappa shape index (κ2) is 8.68. The zero-order chi connectivity index (χ0) is 20.2. The molecule has 2 aromatic carbocycles. The van der Waals surface area contributed by atoms with E-state index in [-0.39, 0.29) is 11.8 Å². The number of nitrogens with one attached hydrogen (secondary N) is 1. The van der Waals surface area contributed by atoms with Crippen molar-refractivity contribution in [2.45, 2.75) is 38.6 Å². The largest absolute Gasteiger partial charge is 0.493 e. The zero-order valence-electron chi connectivity index (χ0n) is 16.9. The van der Waals surface area contributed by atoms with Gasteiger partial charge in [-0.3, -0.25) is 9.59 Å². The van der Waals surface area contributed by atoms with Gasteiger partial charge in [-0.2, -0.15) is 0 Å². The maximum atomic E-state index is 12.9. The van der Waals surface area contributed by atoms with Crippen molar-refractivity contribution in [2.75, 3.05) is 19.7 Å². The normalized spacial score (nSPS) is 18.9. The van der Waals surface area contributed by atoms with Crippen LogP contribution in [0, 0.1) is 12.8 Å². The summed E-state index contributed by atoms with van der Waals surface area (Å²) in [7, 11) is 0. The van der Waals surface area contributed by atoms with Gasteiger partial charge in [0.2, 0.25) is 0 Å². The molecule has 0 radical (unpaired) electrons. The first-order valence-corrected chi connectivity index (χ1v) is 10.5. The molecule has 5 heteroatoms. The van der Waals surface area contributed by atoms with Gasteiger partial charge in [0.15, 0.2) is 0 Å². The molecule has 1 saturated carbocycles. The van der Waals surface area contributed by atoms with Crippen molar-refractivity contribution in [3.8, 4) is 5.75 Å². The SMILES string of the molecule is Cc1ccccc1C(=O)N1CCC[C@H](COc2cccc(C(=O)NC3CC3)c2)C1. The smallest absolute Gasteiger partial charge is 0.254 e. The number of nitrogens with zero attached hydrogens (tertiary/aromatic N) is 1. The minimum atomic E-state index is -0.0365. The van der Waals surface area contributed by atoms with E-state index < -0.39 is 0 Å². The first-order chi connectivity index (χ1) is 14.1. The number of hydrogen-bond acceptors (Lipinski definition) is 3. The van der Waals surface area contributed by atoms with Crippen LogP contribution in [0.4, 0.5) is 0 Å². The molecule has 1 aliphatic carbocycles. The summed E-state index contributed by atoms with van der Waals surface area (Å²) >= 11 is 0. The summed E-state index contributed by atoms with van der Waals surface area (Å²) in [6, 6.07) is 15.4. The molecule has 0 spiro atoms. The van der Waals surface area contributed by atoms with E-state index in [1.807, 2.05) is 54.3 Å². The van der Waals surface area contributed by atoms with Crippen LogP contribution in [0.2, 0.25) is 0 Å². The van der Waals surface area contributed by atoms with Crippen LogP contribution in [0.15, 0.2) is 48.5 Å². The van der Waals surface area contributed by atoms with Crippen LogP contribution in [0.25, 0.3) is 0 Å². The van der Waals surface area contributed by atoms with Crippen molar-refractivity contribution >= 4 is 11.8 Å². The maximum Gasteiger partial charge on any atom is 0.254 e. The number of aryl methyl sites for hydroxylation is 1. The molecule has 5 nitrogen and oxygen atoms in total. The molecule has 2 aromatic rings. The number of likely N-dealkylation sites (tertiary alicyclic amines) is 1. The fraction of sp³-hybridized carbons (Fsp3) is 0.417. The van der Waals surface area contributed by atoms with Gasteiger partial charge in [-0.05, 0) is 62.4 Å². The second-order valence-electron chi connectivity index (χ2n) is 8.16. The Labute approximate surface area is 172 Å². The quantitative estimate of drug-likeness (QED) is 0.813. The summed E-state index contributed by atoms with van der Waals surface area (Å²) < 4.78 is 6.00. The molecule has 1 atom stereocenters. The Morgan fingerprint density at radius 1 is 1.10 bits per heavy atom. The van der Waals surface area contributed by atoms with Gasteiger partial charge in [-0.15, -0.1) is 0 Å². The van der Waals surface area contributed by atoms with E-state index >= 15 is 0 Å². The predicted octanol–water partition coefficient (Wildman–Crippen LogP) is 3.82. The van der Waals surface area contributed by atoms with Crippen LogP contribution in [0.3, 0.4) is 0 Å². The standard InChI is InChI=1S/C24H28N2O3/c1-17-6-2-3-10-22(17)24(28)26-13-5-7-18(15-26)16-29-21-9-4-8-19(14-21)23(27)25-20-11-12-20/h2-4,6,8-10,14,18,20H,5,7,11-13,15-16H2,1H3,(H,25,27)/t18-/m0/s1. The van der Waals surface area contributed by atoms with E-state index in [9.17, 15) is 9.59 Å². The Kier molecular flexibility index (Phi) is 5.84. The van der Waals surface area contributed by atoms with Crippen molar-refractivity contribution in [3.05, 3.63) is 65.2 Å². The molecule has 0 unspecified atom stereocenters. The molecular weight excluding hydrogens is 364 g/mol. The summed E-state index contributed by atoms with van der Waals surface area (Å²) in [5.41, 5.74) is 2.43. The summed E-state index contributed by atoms with van der Waals surface area (Å²) in [4.78, 5) is 27.1. The molecule has 152 valence electrons. The van der Waals surface area contributed by atoms with Crippen molar-refractivity contribution in [1.29, 1.82) is 0 Å². The minimum Gasteiger partial charge on any atom is -0.493 e. The van der Waals surface area contributed by atoms with Gasteiger partial charge >= 0.3 is 0 Å². The topological polar surface area (TPSA) is 58.6 Å². The van der Waals surface area contributed by atoms with E-state index in [1.54, 1.807) is 6.07 Å². The van der Waals surface area contributed by atoms with Gasteiger partial charge in [0.25, 0.3) is 11.8 Å². The van der Waals surface area contributed by atoms with E-state index in [2.05, 4.69) is 5.32 Å². The summed E-state index contributed by atoms with van der Waals surface area (Å²) in [5.74, 6) is 1.06. The third-order valence-corrected chi connectivity index (χ3v) is 5.68. The number of ether oxygens (including phenoxy) is 1. The Bertz CT molecular complexity index is 891. The fourth-order valence-corrected chi connectivity index (χ4v) is 3.81. The molecular formula is C24H28N2O3. The third-order valence-electron chi connectivity index (χ3n) is 5.68. The lowest BCUT2D eigenvalue weighted by Crippen LogP contribution is -2.41. The summed E-state index contributed by atoms with van der Waals surface area (Å²) in [5, 5.41) is 3.00. The number of amides is 2. The molecule has 0 bridgehead atoms. The zero-order valence-corrected chi connectivity index (χ0v) is 16.9. The van der Waals surface area contributed by atoms with E-state index in [0.29, 0.717) is 36.4 Å². The Morgan fingerprint density at radius 2 is 1.93 bits per heavy atom. The lowest BCUT2D eigenvalue weighted by molar-refractivity contribution is 0.0632. The van der Waals surface area contributed by atoms with Crippen LogP contribution in [0.5, 0.6) is 5.75 Å². The molecule has 1 saturated heterocycles. The van der Waals surface area contributed by atoms with Gasteiger partial charge in [0.05, 0.1) is 6.61 Å². The monoisotopic (exact) mass is 392 g/mol. The molecule has 2 aliphatic rings. The molecule has 1 aliphatic heterocycles. The van der Waals surface area contributed by atoms with Crippen molar-refractivity contribution in [3.63, 3.8) is 0 Å². The van der Waals surface area contributed by atoms with E-state index in [1.165, 1.54) is 0 Å². The third kappa shape index (κ3) is 4.97. The Morgan fingerprint density at radius 3 is 2.72 bits per heavy atom. The lowest BCUT2D eigenvalue weighted by atomic mass is 9.97. The minimum absolute atomic E-state index is 0.0365.